The fraction of sp³-hybridized carbons (Fsp3) is 0.292. The van der Waals surface area contributed by atoms with Gasteiger partial charge in [0.25, 0.3) is 5.91 Å². The average Bonchev–Trinajstić information content (AvgIpc) is 3.24. The van der Waals surface area contributed by atoms with E-state index in [-0.39, 0.29) is 12.5 Å². The fourth-order valence-corrected chi connectivity index (χ4v) is 3.95. The zero-order chi connectivity index (χ0) is 23.4. The first-order valence-electron chi connectivity index (χ1n) is 10.7. The van der Waals surface area contributed by atoms with Gasteiger partial charge in [-0.15, -0.1) is 0 Å². The number of para-hydroxylation sites is 3. The molecule has 1 atom stereocenters. The molecular formula is C24H27N5O4. The van der Waals surface area contributed by atoms with Crippen molar-refractivity contribution < 1.29 is 19.4 Å². The highest BCUT2D eigenvalue weighted by Crippen LogP contribution is 2.39. The van der Waals surface area contributed by atoms with E-state index in [1.54, 1.807) is 31.0 Å². The summed E-state index contributed by atoms with van der Waals surface area (Å²) in [5.41, 5.74) is 2.49. The van der Waals surface area contributed by atoms with Crippen LogP contribution < -0.4 is 20.1 Å². The summed E-state index contributed by atoms with van der Waals surface area (Å²) in [5.74, 6) is 2.03. The van der Waals surface area contributed by atoms with E-state index in [2.05, 4.69) is 20.7 Å². The van der Waals surface area contributed by atoms with Crippen LogP contribution in [0.5, 0.6) is 11.5 Å². The molecule has 0 spiro atoms. The summed E-state index contributed by atoms with van der Waals surface area (Å²) in [5, 5.41) is 20.1. The number of rotatable bonds is 8. The number of aryl methyl sites for hydroxylation is 1. The number of fused-ring (bicyclic) bond motifs is 1. The molecule has 1 aliphatic rings. The number of aliphatic hydroxyl groups excluding tert-OH is 1. The van der Waals surface area contributed by atoms with E-state index in [4.69, 9.17) is 9.47 Å². The molecule has 9 heteroatoms. The topological polar surface area (TPSA) is 111 Å². The van der Waals surface area contributed by atoms with Gasteiger partial charge in [-0.05, 0) is 31.5 Å². The third kappa shape index (κ3) is 4.40. The molecule has 4 rings (SSSR count). The van der Waals surface area contributed by atoms with Crippen molar-refractivity contribution in [3.05, 3.63) is 71.2 Å². The number of allylic oxidation sites excluding steroid dienone is 1. The maximum atomic E-state index is 13.6. The van der Waals surface area contributed by atoms with Crippen molar-refractivity contribution in [3.63, 3.8) is 0 Å². The van der Waals surface area contributed by atoms with Gasteiger partial charge in [-0.2, -0.15) is 10.1 Å². The van der Waals surface area contributed by atoms with Crippen LogP contribution in [-0.4, -0.2) is 46.6 Å². The number of carbonyl (C=O) groups is 1. The summed E-state index contributed by atoms with van der Waals surface area (Å²) in [4.78, 5) is 18.2. The molecule has 0 fully saturated rings. The van der Waals surface area contributed by atoms with E-state index >= 15 is 0 Å². The first-order valence-corrected chi connectivity index (χ1v) is 10.7. The van der Waals surface area contributed by atoms with Gasteiger partial charge in [0, 0.05) is 24.3 Å². The van der Waals surface area contributed by atoms with Gasteiger partial charge >= 0.3 is 0 Å². The number of carbonyl (C=O) groups excluding carboxylic acids is 1. The number of aliphatic hydroxyl groups is 1. The van der Waals surface area contributed by atoms with Crippen molar-refractivity contribution in [2.24, 2.45) is 0 Å². The summed E-state index contributed by atoms with van der Waals surface area (Å²) in [7, 11) is 3.16. The standard InChI is InChI=1S/C24H27N5O4/c1-15-21(23(31)26-17-10-5-7-12-19(17)33-3)22(16-9-4-6-11-18(16)32-2)29-24(25-15)27-20(28-29)13-8-14-30/h4-7,9-12,22,30H,8,13-14H2,1-3H3,(H,26,31)(H,25,27,28)/t22-/m1/s1. The minimum atomic E-state index is -0.567. The van der Waals surface area contributed by atoms with E-state index in [1.165, 1.54) is 0 Å². The Morgan fingerprint density at radius 1 is 1.12 bits per heavy atom. The summed E-state index contributed by atoms with van der Waals surface area (Å²) in [6, 6.07) is 14.2. The maximum Gasteiger partial charge on any atom is 0.255 e. The van der Waals surface area contributed by atoms with Gasteiger partial charge in [-0.3, -0.25) is 4.79 Å². The van der Waals surface area contributed by atoms with Gasteiger partial charge in [-0.1, -0.05) is 30.3 Å². The summed E-state index contributed by atoms with van der Waals surface area (Å²) < 4.78 is 12.7. The number of hydrogen-bond acceptors (Lipinski definition) is 7. The van der Waals surface area contributed by atoms with Gasteiger partial charge in [0.1, 0.15) is 17.5 Å². The quantitative estimate of drug-likeness (QED) is 0.484. The Balaban J connectivity index is 1.80. The second kappa shape index (κ2) is 9.74. The Hall–Kier alpha value is -3.85. The summed E-state index contributed by atoms with van der Waals surface area (Å²) >= 11 is 0. The molecule has 9 nitrogen and oxygen atoms in total. The maximum absolute atomic E-state index is 13.6. The molecule has 1 aliphatic heterocycles. The van der Waals surface area contributed by atoms with Gasteiger partial charge in [0.15, 0.2) is 5.82 Å². The molecule has 0 aliphatic carbocycles. The highest BCUT2D eigenvalue weighted by molar-refractivity contribution is 6.06. The van der Waals surface area contributed by atoms with Gasteiger partial charge in [0.2, 0.25) is 5.95 Å². The van der Waals surface area contributed by atoms with Crippen LogP contribution in [0, 0.1) is 0 Å². The van der Waals surface area contributed by atoms with E-state index in [1.807, 2.05) is 43.3 Å². The molecule has 2 aromatic carbocycles. The molecule has 0 bridgehead atoms. The van der Waals surface area contributed by atoms with Crippen LogP contribution in [0.3, 0.4) is 0 Å². The number of aromatic nitrogens is 3. The van der Waals surface area contributed by atoms with E-state index in [0.29, 0.717) is 53.1 Å². The van der Waals surface area contributed by atoms with Crippen LogP contribution in [-0.2, 0) is 11.2 Å². The van der Waals surface area contributed by atoms with Crippen LogP contribution in [0.25, 0.3) is 0 Å². The predicted octanol–water partition coefficient (Wildman–Crippen LogP) is 3.15. The number of nitrogens with one attached hydrogen (secondary N) is 2. The highest BCUT2D eigenvalue weighted by atomic mass is 16.5. The smallest absolute Gasteiger partial charge is 0.255 e. The summed E-state index contributed by atoms with van der Waals surface area (Å²) in [6.45, 7) is 1.89. The van der Waals surface area contributed by atoms with Gasteiger partial charge < -0.3 is 25.2 Å². The van der Waals surface area contributed by atoms with E-state index < -0.39 is 6.04 Å². The first kappa shape index (κ1) is 22.3. The Kier molecular flexibility index (Phi) is 6.60. The molecule has 1 amide bonds. The molecule has 3 aromatic rings. The number of methoxy groups -OCH3 is 2. The third-order valence-corrected chi connectivity index (χ3v) is 5.49. The predicted molar refractivity (Wildman–Crippen MR) is 125 cm³/mol. The minimum absolute atomic E-state index is 0.0527. The fourth-order valence-electron chi connectivity index (χ4n) is 3.95. The first-order chi connectivity index (χ1) is 16.1. The highest BCUT2D eigenvalue weighted by Gasteiger charge is 2.36. The lowest BCUT2D eigenvalue weighted by molar-refractivity contribution is -0.113. The molecule has 3 N–H and O–H groups in total. The molecule has 1 aromatic heterocycles. The average molecular weight is 450 g/mol. The van der Waals surface area contributed by atoms with Gasteiger partial charge in [-0.25, -0.2) is 4.68 Å². The number of anilines is 2. The molecule has 0 unspecified atom stereocenters. The largest absolute Gasteiger partial charge is 0.496 e. The number of hydrogen-bond donors (Lipinski definition) is 3. The lowest BCUT2D eigenvalue weighted by Crippen LogP contribution is -2.31. The second-order valence-electron chi connectivity index (χ2n) is 7.59. The van der Waals surface area contributed by atoms with Crippen molar-refractivity contribution in [2.75, 3.05) is 31.5 Å². The molecule has 33 heavy (non-hydrogen) atoms. The molecular weight excluding hydrogens is 422 g/mol. The van der Waals surface area contributed by atoms with Crippen molar-refractivity contribution in [3.8, 4) is 11.5 Å². The van der Waals surface area contributed by atoms with Gasteiger partial charge in [0.05, 0.1) is 25.5 Å². The van der Waals surface area contributed by atoms with E-state index in [9.17, 15) is 9.90 Å². The molecule has 0 saturated heterocycles. The Labute approximate surface area is 192 Å². The van der Waals surface area contributed by atoms with Crippen molar-refractivity contribution in [1.29, 1.82) is 0 Å². The lowest BCUT2D eigenvalue weighted by atomic mass is 9.94. The molecule has 0 saturated carbocycles. The van der Waals surface area contributed by atoms with Crippen molar-refractivity contribution >= 4 is 17.5 Å². The van der Waals surface area contributed by atoms with Crippen LogP contribution in [0.1, 0.15) is 30.8 Å². The summed E-state index contributed by atoms with van der Waals surface area (Å²) in [6.07, 6.45) is 1.08. The van der Waals surface area contributed by atoms with Crippen LogP contribution in [0.15, 0.2) is 59.8 Å². The molecule has 0 radical (unpaired) electrons. The normalized spacial score (nSPS) is 15.0. The monoisotopic (exact) mass is 449 g/mol. The van der Waals surface area contributed by atoms with E-state index in [0.717, 1.165) is 5.56 Å². The minimum Gasteiger partial charge on any atom is -0.496 e. The Bertz CT molecular complexity index is 1190. The lowest BCUT2D eigenvalue weighted by Gasteiger charge is -2.29. The third-order valence-electron chi connectivity index (χ3n) is 5.49. The number of benzene rings is 2. The second-order valence-corrected chi connectivity index (χ2v) is 7.59. The number of amides is 1. The van der Waals surface area contributed by atoms with Crippen LogP contribution in [0.4, 0.5) is 11.6 Å². The Morgan fingerprint density at radius 3 is 2.55 bits per heavy atom. The SMILES string of the molecule is COc1ccccc1NC(=O)C1=C(C)Nc2nc(CCCO)nn2[C@@H]1c1ccccc1OC. The zero-order valence-electron chi connectivity index (χ0n) is 18.8. The Morgan fingerprint density at radius 2 is 1.82 bits per heavy atom. The van der Waals surface area contributed by atoms with Crippen molar-refractivity contribution in [2.45, 2.75) is 25.8 Å². The zero-order valence-corrected chi connectivity index (χ0v) is 18.8. The van der Waals surface area contributed by atoms with Crippen LogP contribution >= 0.6 is 0 Å². The molecule has 2 heterocycles. The van der Waals surface area contributed by atoms with Crippen LogP contribution in [0.2, 0.25) is 0 Å². The van der Waals surface area contributed by atoms with Crippen molar-refractivity contribution in [1.82, 2.24) is 14.8 Å². The number of nitrogens with zero attached hydrogens (tertiary/aromatic N) is 3. The molecule has 172 valence electrons. The number of ether oxygens (including phenoxy) is 2.